The second-order valence-corrected chi connectivity index (χ2v) is 8.21. The van der Waals surface area contributed by atoms with Crippen LogP contribution in [0, 0.1) is 0 Å². The van der Waals surface area contributed by atoms with Crippen molar-refractivity contribution in [3.63, 3.8) is 0 Å². The summed E-state index contributed by atoms with van der Waals surface area (Å²) >= 11 is 0. The van der Waals surface area contributed by atoms with Gasteiger partial charge in [0.2, 0.25) is 0 Å². The summed E-state index contributed by atoms with van der Waals surface area (Å²) in [6.07, 6.45) is 7.68. The molecule has 0 atom stereocenters. The first-order chi connectivity index (χ1) is 15.7. The van der Waals surface area contributed by atoms with Gasteiger partial charge in [0.15, 0.2) is 0 Å². The maximum Gasteiger partial charge on any atom is 0.330 e. The topological polar surface area (TPSA) is 48.0 Å². The smallest absolute Gasteiger partial charge is 0.330 e. The molecular formula is C27H35NO4. The molecule has 1 aliphatic rings. The molecule has 0 aliphatic heterocycles. The van der Waals surface area contributed by atoms with Gasteiger partial charge in [-0.2, -0.15) is 0 Å². The van der Waals surface area contributed by atoms with Crippen molar-refractivity contribution in [2.24, 2.45) is 0 Å². The molecule has 0 radical (unpaired) electrons. The monoisotopic (exact) mass is 437 g/mol. The van der Waals surface area contributed by atoms with E-state index in [-0.39, 0.29) is 12.1 Å². The van der Waals surface area contributed by atoms with Crippen LogP contribution in [0.2, 0.25) is 0 Å². The van der Waals surface area contributed by atoms with Gasteiger partial charge in [-0.05, 0) is 36.8 Å². The zero-order valence-electron chi connectivity index (χ0n) is 19.0. The molecule has 5 heteroatoms. The minimum Gasteiger partial charge on any atom is -0.466 e. The highest BCUT2D eigenvalue weighted by molar-refractivity contribution is 5.81. The zero-order valence-corrected chi connectivity index (χ0v) is 19.0. The van der Waals surface area contributed by atoms with Gasteiger partial charge < -0.3 is 14.2 Å². The van der Waals surface area contributed by atoms with Gasteiger partial charge >= 0.3 is 5.97 Å². The lowest BCUT2D eigenvalue weighted by Gasteiger charge is -2.29. The molecular weight excluding hydrogens is 402 g/mol. The van der Waals surface area contributed by atoms with Crippen molar-refractivity contribution in [2.45, 2.75) is 51.0 Å². The van der Waals surface area contributed by atoms with E-state index in [4.69, 9.17) is 9.47 Å². The molecule has 0 amide bonds. The Labute approximate surface area is 192 Å². The van der Waals surface area contributed by atoms with Crippen LogP contribution in [0.3, 0.4) is 0 Å². The van der Waals surface area contributed by atoms with Crippen LogP contribution in [0.4, 0.5) is 0 Å². The Kier molecular flexibility index (Phi) is 10.5. The minimum absolute atomic E-state index is 0.241. The summed E-state index contributed by atoms with van der Waals surface area (Å²) in [5.41, 5.74) is 2.64. The van der Waals surface area contributed by atoms with Crippen LogP contribution >= 0.6 is 0 Å². The molecule has 0 saturated heterocycles. The summed E-state index contributed by atoms with van der Waals surface area (Å²) in [6.45, 7) is 3.91. The van der Waals surface area contributed by atoms with Crippen LogP contribution in [-0.2, 0) is 32.1 Å². The van der Waals surface area contributed by atoms with E-state index in [1.165, 1.54) is 24.3 Å². The molecule has 2 aromatic rings. The maximum atomic E-state index is 11.1. The number of carbonyl (C=O) groups excluding carboxylic acids is 1. The normalized spacial score (nSPS) is 18.8. The summed E-state index contributed by atoms with van der Waals surface area (Å²) in [5.74, 6) is -0.348. The first-order valence-electron chi connectivity index (χ1n) is 11.5. The molecule has 0 aromatic heterocycles. The molecule has 2 aromatic carbocycles. The number of hydrogen-bond donors (Lipinski definition) is 0. The molecule has 32 heavy (non-hydrogen) atoms. The number of rotatable bonds is 12. The van der Waals surface area contributed by atoms with Crippen molar-refractivity contribution in [1.29, 1.82) is 0 Å². The van der Waals surface area contributed by atoms with Gasteiger partial charge in [-0.3, -0.25) is 4.90 Å². The van der Waals surface area contributed by atoms with E-state index >= 15 is 0 Å². The van der Waals surface area contributed by atoms with Crippen LogP contribution in [-0.4, -0.2) is 49.9 Å². The van der Waals surface area contributed by atoms with Crippen LogP contribution < -0.4 is 0 Å². The van der Waals surface area contributed by atoms with Crippen molar-refractivity contribution < 1.29 is 19.0 Å². The standard InChI is InChI=1S/C27H35NO4/c1-30-27(29)13-8-19-31-25-14-16-26(17-15-25)32-20-18-28(21-23-9-4-2-5-10-23)22-24-11-6-3-7-12-24/h2-13,25-26H,14-22H2,1H3/b13-8+. The number of carbonyl (C=O) groups is 1. The maximum absolute atomic E-state index is 11.1. The SMILES string of the molecule is COC(=O)/C=C/COC1CCC(OCCN(Cc2ccccc2)Cc2ccccc2)CC1. The fraction of sp³-hybridized carbons (Fsp3) is 0.444. The van der Waals surface area contributed by atoms with Crippen molar-refractivity contribution in [3.8, 4) is 0 Å². The average molecular weight is 438 g/mol. The van der Waals surface area contributed by atoms with Crippen molar-refractivity contribution in [2.75, 3.05) is 26.9 Å². The summed E-state index contributed by atoms with van der Waals surface area (Å²) in [4.78, 5) is 13.5. The largest absolute Gasteiger partial charge is 0.466 e. The molecule has 0 N–H and O–H groups in total. The Hall–Kier alpha value is -2.47. The molecule has 172 valence electrons. The van der Waals surface area contributed by atoms with E-state index in [1.54, 1.807) is 6.08 Å². The van der Waals surface area contributed by atoms with Crippen molar-refractivity contribution >= 4 is 5.97 Å². The van der Waals surface area contributed by atoms with E-state index < -0.39 is 0 Å². The van der Waals surface area contributed by atoms with Gasteiger partial charge in [-0.15, -0.1) is 0 Å². The van der Waals surface area contributed by atoms with E-state index in [1.807, 2.05) is 0 Å². The highest BCUT2D eigenvalue weighted by Gasteiger charge is 2.22. The number of nitrogens with zero attached hydrogens (tertiary/aromatic N) is 1. The van der Waals surface area contributed by atoms with Gasteiger partial charge in [-0.1, -0.05) is 66.7 Å². The number of methoxy groups -OCH3 is 1. The van der Waals surface area contributed by atoms with Crippen LogP contribution in [0.5, 0.6) is 0 Å². The van der Waals surface area contributed by atoms with E-state index in [9.17, 15) is 4.79 Å². The fourth-order valence-corrected chi connectivity index (χ4v) is 4.02. The Morgan fingerprint density at radius 1 is 0.875 bits per heavy atom. The predicted octanol–water partition coefficient (Wildman–Crippen LogP) is 4.76. The molecule has 0 heterocycles. The van der Waals surface area contributed by atoms with Crippen LogP contribution in [0.1, 0.15) is 36.8 Å². The molecule has 3 rings (SSSR count). The quantitative estimate of drug-likeness (QED) is 0.354. The van der Waals surface area contributed by atoms with E-state index in [0.29, 0.717) is 12.7 Å². The molecule has 0 unspecified atom stereocenters. The zero-order chi connectivity index (χ0) is 22.4. The third kappa shape index (κ3) is 8.95. The Morgan fingerprint density at radius 3 is 1.94 bits per heavy atom. The third-order valence-electron chi connectivity index (χ3n) is 5.76. The Balaban J connectivity index is 1.39. The number of ether oxygens (including phenoxy) is 3. The van der Waals surface area contributed by atoms with Gasteiger partial charge in [-0.25, -0.2) is 4.79 Å². The van der Waals surface area contributed by atoms with Crippen LogP contribution in [0.15, 0.2) is 72.8 Å². The number of esters is 1. The second-order valence-electron chi connectivity index (χ2n) is 8.21. The predicted molar refractivity (Wildman–Crippen MR) is 126 cm³/mol. The van der Waals surface area contributed by atoms with Crippen LogP contribution in [0.25, 0.3) is 0 Å². The van der Waals surface area contributed by atoms with Crippen molar-refractivity contribution in [1.82, 2.24) is 4.90 Å². The molecule has 0 spiro atoms. The number of hydrogen-bond acceptors (Lipinski definition) is 5. The minimum atomic E-state index is -0.348. The second kappa shape index (κ2) is 13.8. The van der Waals surface area contributed by atoms with Crippen molar-refractivity contribution in [3.05, 3.63) is 83.9 Å². The van der Waals surface area contributed by atoms with Gasteiger partial charge in [0, 0.05) is 25.7 Å². The third-order valence-corrected chi connectivity index (χ3v) is 5.76. The Bertz CT molecular complexity index is 759. The molecule has 0 bridgehead atoms. The van der Waals surface area contributed by atoms with E-state index in [2.05, 4.69) is 70.3 Å². The average Bonchev–Trinajstić information content (AvgIpc) is 2.84. The molecule has 1 saturated carbocycles. The highest BCUT2D eigenvalue weighted by Crippen LogP contribution is 2.23. The lowest BCUT2D eigenvalue weighted by Crippen LogP contribution is -2.31. The molecule has 1 fully saturated rings. The summed E-state index contributed by atoms with van der Waals surface area (Å²) in [6, 6.07) is 21.2. The summed E-state index contributed by atoms with van der Waals surface area (Å²) in [7, 11) is 1.37. The Morgan fingerprint density at radius 2 is 1.41 bits per heavy atom. The van der Waals surface area contributed by atoms with Gasteiger partial charge in [0.1, 0.15) is 0 Å². The lowest BCUT2D eigenvalue weighted by molar-refractivity contribution is -0.134. The van der Waals surface area contributed by atoms with Gasteiger partial charge in [0.05, 0.1) is 32.5 Å². The first kappa shape index (κ1) is 24.2. The van der Waals surface area contributed by atoms with E-state index in [0.717, 1.165) is 51.9 Å². The summed E-state index contributed by atoms with van der Waals surface area (Å²) in [5, 5.41) is 0. The fourth-order valence-electron chi connectivity index (χ4n) is 4.02. The summed E-state index contributed by atoms with van der Waals surface area (Å²) < 4.78 is 16.7. The molecule has 5 nitrogen and oxygen atoms in total. The van der Waals surface area contributed by atoms with Gasteiger partial charge in [0.25, 0.3) is 0 Å². The number of benzene rings is 2. The molecule has 1 aliphatic carbocycles. The lowest BCUT2D eigenvalue weighted by atomic mass is 9.95. The first-order valence-corrected chi connectivity index (χ1v) is 11.5. The highest BCUT2D eigenvalue weighted by atomic mass is 16.5.